The van der Waals surface area contributed by atoms with E-state index < -0.39 is 5.82 Å². The third-order valence-corrected chi connectivity index (χ3v) is 3.76. The highest BCUT2D eigenvalue weighted by Crippen LogP contribution is 2.23. The molecule has 0 saturated carbocycles. The molecule has 1 aromatic heterocycles. The van der Waals surface area contributed by atoms with Gasteiger partial charge in [-0.15, -0.1) is 11.3 Å². The van der Waals surface area contributed by atoms with Gasteiger partial charge in [0.1, 0.15) is 5.82 Å². The first kappa shape index (κ1) is 12.6. The van der Waals surface area contributed by atoms with Crippen LogP contribution in [0.5, 0.6) is 0 Å². The fraction of sp³-hybridized carbons (Fsp3) is 0.0833. The molecule has 0 fully saturated rings. The Balaban J connectivity index is 2.15. The van der Waals surface area contributed by atoms with Crippen LogP contribution in [-0.2, 0) is 6.42 Å². The SMILES string of the molecule is O=C(Cc1ccc(F)c(Cl)c1)c1ccc(Cl)s1. The van der Waals surface area contributed by atoms with E-state index in [0.29, 0.717) is 14.8 Å². The molecule has 88 valence electrons. The maximum Gasteiger partial charge on any atom is 0.177 e. The summed E-state index contributed by atoms with van der Waals surface area (Å²) < 4.78 is 13.5. The Labute approximate surface area is 112 Å². The van der Waals surface area contributed by atoms with Gasteiger partial charge < -0.3 is 0 Å². The van der Waals surface area contributed by atoms with Crippen molar-refractivity contribution in [3.63, 3.8) is 0 Å². The summed E-state index contributed by atoms with van der Waals surface area (Å²) in [5, 5.41) is 0.0273. The zero-order valence-corrected chi connectivity index (χ0v) is 10.9. The van der Waals surface area contributed by atoms with E-state index in [4.69, 9.17) is 23.2 Å². The Kier molecular flexibility index (Phi) is 3.82. The van der Waals surface area contributed by atoms with Crippen LogP contribution in [0.1, 0.15) is 15.2 Å². The minimum atomic E-state index is -0.484. The first-order valence-electron chi connectivity index (χ1n) is 4.79. The van der Waals surface area contributed by atoms with Gasteiger partial charge in [-0.1, -0.05) is 29.3 Å². The van der Waals surface area contributed by atoms with Gasteiger partial charge in [-0.3, -0.25) is 4.79 Å². The summed E-state index contributed by atoms with van der Waals surface area (Å²) in [6, 6.07) is 7.63. The highest BCUT2D eigenvalue weighted by Gasteiger charge is 2.10. The Hall–Kier alpha value is -0.900. The molecule has 0 aliphatic rings. The molecule has 0 bridgehead atoms. The van der Waals surface area contributed by atoms with Crippen molar-refractivity contribution in [2.75, 3.05) is 0 Å². The van der Waals surface area contributed by atoms with Crippen LogP contribution >= 0.6 is 34.5 Å². The number of benzene rings is 1. The van der Waals surface area contributed by atoms with Crippen molar-refractivity contribution in [2.24, 2.45) is 0 Å². The lowest BCUT2D eigenvalue weighted by atomic mass is 10.1. The Bertz CT molecular complexity index is 565. The van der Waals surface area contributed by atoms with Crippen LogP contribution < -0.4 is 0 Å². The number of hydrogen-bond acceptors (Lipinski definition) is 2. The number of carbonyl (C=O) groups excluding carboxylic acids is 1. The van der Waals surface area contributed by atoms with Gasteiger partial charge in [0.2, 0.25) is 0 Å². The molecule has 17 heavy (non-hydrogen) atoms. The Morgan fingerprint density at radius 2 is 2.00 bits per heavy atom. The van der Waals surface area contributed by atoms with Crippen LogP contribution in [-0.4, -0.2) is 5.78 Å². The molecule has 0 spiro atoms. The summed E-state index contributed by atoms with van der Waals surface area (Å²) in [5.74, 6) is -0.536. The van der Waals surface area contributed by atoms with Gasteiger partial charge in [0, 0.05) is 6.42 Å². The average Bonchev–Trinajstić information content (AvgIpc) is 2.70. The first-order chi connectivity index (χ1) is 8.06. The predicted molar refractivity (Wildman–Crippen MR) is 68.8 cm³/mol. The van der Waals surface area contributed by atoms with E-state index in [9.17, 15) is 9.18 Å². The molecule has 2 rings (SSSR count). The molecule has 1 aromatic carbocycles. The number of rotatable bonds is 3. The predicted octanol–water partition coefficient (Wildman–Crippen LogP) is 4.62. The number of thiophene rings is 1. The Morgan fingerprint density at radius 3 is 2.59 bits per heavy atom. The summed E-state index contributed by atoms with van der Waals surface area (Å²) >= 11 is 12.6. The second kappa shape index (κ2) is 5.17. The number of halogens is 3. The number of hydrogen-bond donors (Lipinski definition) is 0. The lowest BCUT2D eigenvalue weighted by molar-refractivity contribution is 0.0997. The fourth-order valence-corrected chi connectivity index (χ4v) is 2.57. The molecule has 0 aliphatic heterocycles. The van der Waals surface area contributed by atoms with E-state index in [1.165, 1.54) is 23.5 Å². The Morgan fingerprint density at radius 1 is 1.24 bits per heavy atom. The standard InChI is InChI=1S/C12H7Cl2FOS/c13-8-5-7(1-2-9(8)15)6-10(16)11-3-4-12(14)17-11/h1-5H,6H2. The molecular formula is C12H7Cl2FOS. The van der Waals surface area contributed by atoms with Crippen LogP contribution in [0.25, 0.3) is 0 Å². The van der Waals surface area contributed by atoms with Gasteiger partial charge >= 0.3 is 0 Å². The highest BCUT2D eigenvalue weighted by molar-refractivity contribution is 7.18. The van der Waals surface area contributed by atoms with E-state index in [-0.39, 0.29) is 17.2 Å². The quantitative estimate of drug-likeness (QED) is 0.753. The summed E-state index contributed by atoms with van der Waals surface area (Å²) in [7, 11) is 0. The molecule has 2 aromatic rings. The van der Waals surface area contributed by atoms with Gasteiger partial charge in [0.15, 0.2) is 5.78 Å². The molecule has 1 nitrogen and oxygen atoms in total. The van der Waals surface area contributed by atoms with Crippen LogP contribution in [0.15, 0.2) is 30.3 Å². The van der Waals surface area contributed by atoms with Crippen LogP contribution in [0.3, 0.4) is 0 Å². The molecule has 0 amide bonds. The fourth-order valence-electron chi connectivity index (χ4n) is 1.39. The molecule has 1 heterocycles. The number of carbonyl (C=O) groups is 1. The smallest absolute Gasteiger partial charge is 0.177 e. The minimum absolute atomic E-state index is 0.0273. The van der Waals surface area contributed by atoms with Crippen molar-refractivity contribution in [3.05, 3.63) is 55.9 Å². The van der Waals surface area contributed by atoms with Crippen molar-refractivity contribution in [1.29, 1.82) is 0 Å². The molecular weight excluding hydrogens is 282 g/mol. The van der Waals surface area contributed by atoms with Gasteiger partial charge in [0.25, 0.3) is 0 Å². The van der Waals surface area contributed by atoms with Gasteiger partial charge in [0.05, 0.1) is 14.2 Å². The first-order valence-corrected chi connectivity index (χ1v) is 6.36. The van der Waals surface area contributed by atoms with Crippen LogP contribution in [0.2, 0.25) is 9.36 Å². The lowest BCUT2D eigenvalue weighted by Gasteiger charge is -2.00. The summed E-state index contributed by atoms with van der Waals surface area (Å²) in [6.45, 7) is 0. The lowest BCUT2D eigenvalue weighted by Crippen LogP contribution is -2.01. The van der Waals surface area contributed by atoms with Crippen molar-refractivity contribution >= 4 is 40.3 Å². The summed E-state index contributed by atoms with van der Waals surface area (Å²) in [4.78, 5) is 12.4. The zero-order valence-electron chi connectivity index (χ0n) is 8.54. The maximum absolute atomic E-state index is 12.9. The van der Waals surface area contributed by atoms with Crippen LogP contribution in [0, 0.1) is 5.82 Å². The van der Waals surface area contributed by atoms with Gasteiger partial charge in [-0.05, 0) is 29.8 Å². The summed E-state index contributed by atoms with van der Waals surface area (Å²) in [6.07, 6.45) is 0.191. The van der Waals surface area contributed by atoms with Gasteiger partial charge in [-0.2, -0.15) is 0 Å². The normalized spacial score (nSPS) is 10.5. The van der Waals surface area contributed by atoms with Crippen molar-refractivity contribution in [2.45, 2.75) is 6.42 Å². The van der Waals surface area contributed by atoms with Crippen molar-refractivity contribution in [3.8, 4) is 0 Å². The third-order valence-electron chi connectivity index (χ3n) is 2.20. The van der Waals surface area contributed by atoms with E-state index in [1.54, 1.807) is 18.2 Å². The number of ketones is 1. The van der Waals surface area contributed by atoms with E-state index in [2.05, 4.69) is 0 Å². The molecule has 5 heteroatoms. The molecule has 0 aliphatic carbocycles. The largest absolute Gasteiger partial charge is 0.293 e. The second-order valence-electron chi connectivity index (χ2n) is 3.45. The topological polar surface area (TPSA) is 17.1 Å². The van der Waals surface area contributed by atoms with Gasteiger partial charge in [-0.25, -0.2) is 4.39 Å². The molecule has 0 radical (unpaired) electrons. The van der Waals surface area contributed by atoms with Crippen LogP contribution in [0.4, 0.5) is 4.39 Å². The second-order valence-corrected chi connectivity index (χ2v) is 5.57. The van der Waals surface area contributed by atoms with E-state index in [1.807, 2.05) is 0 Å². The molecule has 0 atom stereocenters. The maximum atomic E-state index is 12.9. The zero-order chi connectivity index (χ0) is 12.4. The monoisotopic (exact) mass is 288 g/mol. The number of Topliss-reactive ketones (excluding diaryl/α,β-unsaturated/α-hetero) is 1. The van der Waals surface area contributed by atoms with Crippen molar-refractivity contribution < 1.29 is 9.18 Å². The average molecular weight is 289 g/mol. The third kappa shape index (κ3) is 3.06. The summed E-state index contributed by atoms with van der Waals surface area (Å²) in [5.41, 5.74) is 0.686. The van der Waals surface area contributed by atoms with E-state index in [0.717, 1.165) is 0 Å². The molecule has 0 saturated heterocycles. The molecule has 0 unspecified atom stereocenters. The molecule has 0 N–H and O–H groups in total. The minimum Gasteiger partial charge on any atom is -0.293 e. The van der Waals surface area contributed by atoms with Crippen molar-refractivity contribution in [1.82, 2.24) is 0 Å². The van der Waals surface area contributed by atoms with E-state index >= 15 is 0 Å². The highest BCUT2D eigenvalue weighted by atomic mass is 35.5.